The highest BCUT2D eigenvalue weighted by molar-refractivity contribution is 6.31. The van der Waals surface area contributed by atoms with E-state index in [9.17, 15) is 4.79 Å². The summed E-state index contributed by atoms with van der Waals surface area (Å²) in [5.41, 5.74) is 2.86. The standard InChI is InChI=1S/C22H25ClN6O/c1-15-12-16(2)29(26-15)21-14-20(24-17(3)25-21)27-8-10-28(11-9-27)22(30)13-18-6-4-5-7-19(18)23/h4-7,12,14H,8-11,13H2,1-3H3. The van der Waals surface area contributed by atoms with Crippen molar-refractivity contribution in [1.29, 1.82) is 0 Å². The van der Waals surface area contributed by atoms with Crippen molar-refractivity contribution in [1.82, 2.24) is 24.6 Å². The van der Waals surface area contributed by atoms with Gasteiger partial charge in [-0.15, -0.1) is 0 Å². The van der Waals surface area contributed by atoms with E-state index < -0.39 is 0 Å². The van der Waals surface area contributed by atoms with E-state index in [0.717, 1.165) is 41.7 Å². The average Bonchev–Trinajstić information content (AvgIpc) is 3.07. The van der Waals surface area contributed by atoms with E-state index in [1.165, 1.54) is 0 Å². The van der Waals surface area contributed by atoms with Gasteiger partial charge >= 0.3 is 0 Å². The van der Waals surface area contributed by atoms with E-state index in [2.05, 4.69) is 20.0 Å². The van der Waals surface area contributed by atoms with Crippen molar-refractivity contribution in [2.24, 2.45) is 0 Å². The Hall–Kier alpha value is -2.93. The lowest BCUT2D eigenvalue weighted by atomic mass is 10.1. The highest BCUT2D eigenvalue weighted by Crippen LogP contribution is 2.20. The molecule has 0 saturated carbocycles. The number of hydrogen-bond acceptors (Lipinski definition) is 5. The highest BCUT2D eigenvalue weighted by Gasteiger charge is 2.23. The first-order valence-corrected chi connectivity index (χ1v) is 10.4. The molecule has 3 heterocycles. The average molecular weight is 425 g/mol. The number of nitrogens with zero attached hydrogens (tertiary/aromatic N) is 6. The van der Waals surface area contributed by atoms with Crippen LogP contribution in [0.15, 0.2) is 36.4 Å². The molecule has 0 N–H and O–H groups in total. The van der Waals surface area contributed by atoms with Crippen molar-refractivity contribution in [3.63, 3.8) is 0 Å². The van der Waals surface area contributed by atoms with E-state index in [4.69, 9.17) is 11.6 Å². The molecule has 1 saturated heterocycles. The number of hydrogen-bond donors (Lipinski definition) is 0. The van der Waals surface area contributed by atoms with Gasteiger partial charge in [0.1, 0.15) is 11.6 Å². The number of carbonyl (C=O) groups excluding carboxylic acids is 1. The topological polar surface area (TPSA) is 67.2 Å². The number of halogens is 1. The van der Waals surface area contributed by atoms with E-state index >= 15 is 0 Å². The number of rotatable bonds is 4. The van der Waals surface area contributed by atoms with Gasteiger partial charge in [-0.3, -0.25) is 4.79 Å². The molecule has 7 nitrogen and oxygen atoms in total. The van der Waals surface area contributed by atoms with Gasteiger partial charge in [-0.25, -0.2) is 14.6 Å². The molecule has 0 aliphatic carbocycles. The number of aromatic nitrogens is 4. The lowest BCUT2D eigenvalue weighted by molar-refractivity contribution is -0.130. The number of carbonyl (C=O) groups is 1. The van der Waals surface area contributed by atoms with Gasteiger partial charge in [0.05, 0.1) is 12.1 Å². The van der Waals surface area contributed by atoms with Crippen molar-refractivity contribution in [2.45, 2.75) is 27.2 Å². The number of aryl methyl sites for hydroxylation is 3. The molecule has 2 aromatic heterocycles. The molecule has 1 aliphatic rings. The molecular formula is C22H25ClN6O. The largest absolute Gasteiger partial charge is 0.353 e. The van der Waals surface area contributed by atoms with Crippen LogP contribution in [-0.4, -0.2) is 56.7 Å². The number of anilines is 1. The van der Waals surface area contributed by atoms with Crippen molar-refractivity contribution < 1.29 is 4.79 Å². The molecule has 0 unspecified atom stereocenters. The minimum absolute atomic E-state index is 0.102. The van der Waals surface area contributed by atoms with Crippen LogP contribution in [0.1, 0.15) is 22.8 Å². The van der Waals surface area contributed by atoms with Gasteiger partial charge < -0.3 is 9.80 Å². The Balaban J connectivity index is 1.45. The van der Waals surface area contributed by atoms with Gasteiger partial charge in [0.15, 0.2) is 5.82 Å². The molecule has 8 heteroatoms. The van der Waals surface area contributed by atoms with E-state index in [-0.39, 0.29) is 5.91 Å². The van der Waals surface area contributed by atoms with Gasteiger partial charge in [0.25, 0.3) is 0 Å². The Morgan fingerprint density at radius 3 is 2.37 bits per heavy atom. The van der Waals surface area contributed by atoms with Gasteiger partial charge in [0.2, 0.25) is 5.91 Å². The summed E-state index contributed by atoms with van der Waals surface area (Å²) in [7, 11) is 0. The van der Waals surface area contributed by atoms with Gasteiger partial charge in [-0.05, 0) is 38.5 Å². The normalized spacial score (nSPS) is 14.3. The Labute approximate surface area is 181 Å². The second-order valence-electron chi connectivity index (χ2n) is 7.61. The smallest absolute Gasteiger partial charge is 0.227 e. The first-order valence-electron chi connectivity index (χ1n) is 10.1. The van der Waals surface area contributed by atoms with Crippen molar-refractivity contribution >= 4 is 23.3 Å². The lowest BCUT2D eigenvalue weighted by Gasteiger charge is -2.35. The Kier molecular flexibility index (Phi) is 5.72. The molecule has 3 aromatic rings. The van der Waals surface area contributed by atoms with Crippen LogP contribution in [0.4, 0.5) is 5.82 Å². The fourth-order valence-electron chi connectivity index (χ4n) is 3.77. The van der Waals surface area contributed by atoms with Crippen LogP contribution in [0.2, 0.25) is 5.02 Å². The van der Waals surface area contributed by atoms with Crippen LogP contribution < -0.4 is 4.90 Å². The predicted molar refractivity (Wildman–Crippen MR) is 117 cm³/mol. The molecule has 0 bridgehead atoms. The molecule has 1 fully saturated rings. The summed E-state index contributed by atoms with van der Waals surface area (Å²) in [6, 6.07) is 11.5. The molecule has 0 atom stereocenters. The summed E-state index contributed by atoms with van der Waals surface area (Å²) in [5, 5.41) is 5.17. The second-order valence-corrected chi connectivity index (χ2v) is 8.01. The fourth-order valence-corrected chi connectivity index (χ4v) is 3.97. The highest BCUT2D eigenvalue weighted by atomic mass is 35.5. The van der Waals surface area contributed by atoms with Crippen LogP contribution in [0.3, 0.4) is 0 Å². The summed E-state index contributed by atoms with van der Waals surface area (Å²) in [6.45, 7) is 8.63. The minimum atomic E-state index is 0.102. The minimum Gasteiger partial charge on any atom is -0.353 e. The Morgan fingerprint density at radius 1 is 1.00 bits per heavy atom. The SMILES string of the molecule is Cc1cc(C)n(-c2cc(N3CCN(C(=O)Cc4ccccc4Cl)CC3)nc(C)n2)n1. The zero-order valence-corrected chi connectivity index (χ0v) is 18.2. The molecule has 1 aromatic carbocycles. The van der Waals surface area contributed by atoms with Crippen LogP contribution in [0, 0.1) is 20.8 Å². The van der Waals surface area contributed by atoms with Gasteiger partial charge in [-0.2, -0.15) is 5.10 Å². The van der Waals surface area contributed by atoms with E-state index in [0.29, 0.717) is 30.4 Å². The van der Waals surface area contributed by atoms with E-state index in [1.807, 2.05) is 66.8 Å². The van der Waals surface area contributed by atoms with E-state index in [1.54, 1.807) is 0 Å². The summed E-state index contributed by atoms with van der Waals surface area (Å²) in [4.78, 5) is 26.0. The number of amides is 1. The van der Waals surface area contributed by atoms with Crippen molar-refractivity contribution in [3.05, 3.63) is 64.2 Å². The van der Waals surface area contributed by atoms with Crippen LogP contribution >= 0.6 is 11.6 Å². The maximum absolute atomic E-state index is 12.7. The third-order valence-corrected chi connectivity index (χ3v) is 5.66. The maximum Gasteiger partial charge on any atom is 0.227 e. The fraction of sp³-hybridized carbons (Fsp3) is 0.364. The first-order chi connectivity index (χ1) is 14.4. The molecular weight excluding hydrogens is 400 g/mol. The monoisotopic (exact) mass is 424 g/mol. The zero-order chi connectivity index (χ0) is 21.3. The molecule has 4 rings (SSSR count). The van der Waals surface area contributed by atoms with Crippen LogP contribution in [0.5, 0.6) is 0 Å². The molecule has 30 heavy (non-hydrogen) atoms. The number of benzene rings is 1. The van der Waals surface area contributed by atoms with Gasteiger partial charge in [-0.1, -0.05) is 29.8 Å². The molecule has 1 amide bonds. The predicted octanol–water partition coefficient (Wildman–Crippen LogP) is 3.13. The third kappa shape index (κ3) is 4.31. The second kappa shape index (κ2) is 8.44. The summed E-state index contributed by atoms with van der Waals surface area (Å²) in [5.74, 6) is 2.43. The quantitative estimate of drug-likeness (QED) is 0.643. The molecule has 0 radical (unpaired) electrons. The van der Waals surface area contributed by atoms with Crippen molar-refractivity contribution in [3.8, 4) is 5.82 Å². The summed E-state index contributed by atoms with van der Waals surface area (Å²) < 4.78 is 1.84. The Morgan fingerprint density at radius 2 is 1.70 bits per heavy atom. The van der Waals surface area contributed by atoms with Crippen LogP contribution in [-0.2, 0) is 11.2 Å². The van der Waals surface area contributed by atoms with Gasteiger partial charge in [0, 0.05) is 43.0 Å². The van der Waals surface area contributed by atoms with Crippen molar-refractivity contribution in [2.75, 3.05) is 31.1 Å². The molecule has 1 aliphatic heterocycles. The first kappa shape index (κ1) is 20.3. The Bertz CT molecular complexity index is 1070. The summed E-state index contributed by atoms with van der Waals surface area (Å²) >= 11 is 6.20. The zero-order valence-electron chi connectivity index (χ0n) is 17.5. The maximum atomic E-state index is 12.7. The molecule has 0 spiro atoms. The lowest BCUT2D eigenvalue weighted by Crippen LogP contribution is -2.49. The number of piperazine rings is 1. The van der Waals surface area contributed by atoms with Crippen LogP contribution in [0.25, 0.3) is 5.82 Å². The summed E-state index contributed by atoms with van der Waals surface area (Å²) in [6.07, 6.45) is 0.328. The third-order valence-electron chi connectivity index (χ3n) is 5.29. The molecule has 156 valence electrons.